The molecule has 7 heteroatoms. The van der Waals surface area contributed by atoms with Gasteiger partial charge in [0.15, 0.2) is 0 Å². The predicted molar refractivity (Wildman–Crippen MR) is 101 cm³/mol. The normalized spacial score (nSPS) is 17.2. The van der Waals surface area contributed by atoms with Gasteiger partial charge in [-0.05, 0) is 30.8 Å². The van der Waals surface area contributed by atoms with Crippen LogP contribution in [0, 0.1) is 0 Å². The zero-order valence-corrected chi connectivity index (χ0v) is 15.3. The summed E-state index contributed by atoms with van der Waals surface area (Å²) in [5.41, 5.74) is 1.85. The van der Waals surface area contributed by atoms with E-state index >= 15 is 0 Å². The highest BCUT2D eigenvalue weighted by Crippen LogP contribution is 2.35. The SMILES string of the molecule is C=CCn1cc(/C=C2/SC(=O)N([C@H](C)C(=O)OC)C2=O)c2ccccc21. The quantitative estimate of drug-likeness (QED) is 0.458. The summed E-state index contributed by atoms with van der Waals surface area (Å²) >= 11 is 0.825. The van der Waals surface area contributed by atoms with Gasteiger partial charge in [0.1, 0.15) is 6.04 Å². The maximum atomic E-state index is 12.6. The number of allylic oxidation sites excluding steroid dienone is 1. The first kappa shape index (κ1) is 18.0. The van der Waals surface area contributed by atoms with Crippen LogP contribution in [0.1, 0.15) is 12.5 Å². The molecule has 0 N–H and O–H groups in total. The minimum Gasteiger partial charge on any atom is -0.467 e. The Bertz CT molecular complexity index is 944. The monoisotopic (exact) mass is 370 g/mol. The summed E-state index contributed by atoms with van der Waals surface area (Å²) in [7, 11) is 1.22. The molecule has 1 atom stereocenters. The number of carbonyl (C=O) groups excluding carboxylic acids is 3. The average Bonchev–Trinajstić information content (AvgIpc) is 3.12. The molecule has 0 radical (unpaired) electrons. The third kappa shape index (κ3) is 3.06. The Morgan fingerprint density at radius 1 is 1.35 bits per heavy atom. The maximum absolute atomic E-state index is 12.6. The van der Waals surface area contributed by atoms with E-state index in [4.69, 9.17) is 0 Å². The van der Waals surface area contributed by atoms with Crippen LogP contribution in [0.25, 0.3) is 17.0 Å². The second-order valence-electron chi connectivity index (χ2n) is 5.79. The maximum Gasteiger partial charge on any atom is 0.328 e. The number of hydrogen-bond donors (Lipinski definition) is 0. The first-order valence-corrected chi connectivity index (χ1v) is 8.83. The summed E-state index contributed by atoms with van der Waals surface area (Å²) in [6.07, 6.45) is 5.41. The molecule has 1 saturated heterocycles. The Balaban J connectivity index is 2.00. The van der Waals surface area contributed by atoms with Crippen LogP contribution >= 0.6 is 11.8 Å². The smallest absolute Gasteiger partial charge is 0.328 e. The fourth-order valence-corrected chi connectivity index (χ4v) is 3.81. The molecular weight excluding hydrogens is 352 g/mol. The molecule has 2 heterocycles. The van der Waals surface area contributed by atoms with Gasteiger partial charge in [0.05, 0.1) is 12.0 Å². The highest BCUT2D eigenvalue weighted by atomic mass is 32.2. The van der Waals surface area contributed by atoms with E-state index in [0.29, 0.717) is 6.54 Å². The van der Waals surface area contributed by atoms with E-state index in [9.17, 15) is 14.4 Å². The van der Waals surface area contributed by atoms with E-state index in [1.54, 1.807) is 12.2 Å². The molecule has 3 rings (SSSR count). The summed E-state index contributed by atoms with van der Waals surface area (Å²) in [5.74, 6) is -1.12. The average molecular weight is 370 g/mol. The molecule has 1 aromatic heterocycles. The number of imide groups is 1. The van der Waals surface area contributed by atoms with Crippen LogP contribution in [-0.2, 0) is 20.9 Å². The van der Waals surface area contributed by atoms with E-state index in [-0.39, 0.29) is 4.91 Å². The number of nitrogens with zero attached hydrogens (tertiary/aromatic N) is 2. The van der Waals surface area contributed by atoms with Crippen LogP contribution in [0.4, 0.5) is 4.79 Å². The van der Waals surface area contributed by atoms with Gasteiger partial charge in [0.25, 0.3) is 11.1 Å². The number of hydrogen-bond acceptors (Lipinski definition) is 5. The fourth-order valence-electron chi connectivity index (χ4n) is 2.91. The van der Waals surface area contributed by atoms with Crippen molar-refractivity contribution >= 4 is 45.9 Å². The zero-order valence-electron chi connectivity index (χ0n) is 14.5. The number of amides is 2. The molecule has 26 heavy (non-hydrogen) atoms. The summed E-state index contributed by atoms with van der Waals surface area (Å²) in [6, 6.07) is 6.85. The van der Waals surface area contributed by atoms with Crippen molar-refractivity contribution in [3.05, 3.63) is 53.6 Å². The van der Waals surface area contributed by atoms with E-state index in [1.165, 1.54) is 14.0 Å². The zero-order chi connectivity index (χ0) is 18.8. The van der Waals surface area contributed by atoms with Crippen molar-refractivity contribution in [2.24, 2.45) is 0 Å². The molecule has 0 unspecified atom stereocenters. The summed E-state index contributed by atoms with van der Waals surface area (Å²) in [5, 5.41) is 0.496. The van der Waals surface area contributed by atoms with Gasteiger partial charge in [-0.15, -0.1) is 6.58 Å². The number of methoxy groups -OCH3 is 1. The van der Waals surface area contributed by atoms with Crippen LogP contribution in [0.2, 0.25) is 0 Å². The Hall–Kier alpha value is -2.80. The van der Waals surface area contributed by atoms with E-state index in [0.717, 1.165) is 33.1 Å². The largest absolute Gasteiger partial charge is 0.467 e. The lowest BCUT2D eigenvalue weighted by Crippen LogP contribution is -2.42. The number of carbonyl (C=O) groups is 3. The molecule has 0 saturated carbocycles. The first-order chi connectivity index (χ1) is 12.5. The number of para-hydroxylation sites is 1. The highest BCUT2D eigenvalue weighted by Gasteiger charge is 2.41. The van der Waals surface area contributed by atoms with E-state index in [2.05, 4.69) is 11.3 Å². The second kappa shape index (κ2) is 7.21. The fraction of sp³-hybridized carbons (Fsp3) is 0.211. The van der Waals surface area contributed by atoms with Crippen LogP contribution in [0.15, 0.2) is 48.0 Å². The Kier molecular flexibility index (Phi) is 4.99. The van der Waals surface area contributed by atoms with Gasteiger partial charge < -0.3 is 9.30 Å². The molecule has 1 aliphatic rings. The molecule has 6 nitrogen and oxygen atoms in total. The molecular formula is C19H18N2O4S. The molecule has 0 bridgehead atoms. The van der Waals surface area contributed by atoms with Gasteiger partial charge in [-0.25, -0.2) is 4.79 Å². The van der Waals surface area contributed by atoms with Crippen molar-refractivity contribution in [3.63, 3.8) is 0 Å². The number of aromatic nitrogens is 1. The number of fused-ring (bicyclic) bond motifs is 1. The third-order valence-electron chi connectivity index (χ3n) is 4.18. The minimum absolute atomic E-state index is 0.284. The van der Waals surface area contributed by atoms with Crippen LogP contribution in [0.5, 0.6) is 0 Å². The third-order valence-corrected chi connectivity index (χ3v) is 5.07. The van der Waals surface area contributed by atoms with Crippen molar-refractivity contribution in [2.45, 2.75) is 19.5 Å². The summed E-state index contributed by atoms with van der Waals surface area (Å²) in [4.78, 5) is 37.8. The molecule has 1 aliphatic heterocycles. The number of thioether (sulfide) groups is 1. The molecule has 134 valence electrons. The predicted octanol–water partition coefficient (Wildman–Crippen LogP) is 3.43. The second-order valence-corrected chi connectivity index (χ2v) is 6.79. The standard InChI is InChI=1S/C19H18N2O4S/c1-4-9-20-11-13(14-7-5-6-8-15(14)20)10-16-17(22)21(19(24)26-16)12(2)18(23)25-3/h4-8,10-12H,1,9H2,2-3H3/b16-10+/t12-/m1/s1. The van der Waals surface area contributed by atoms with Crippen molar-refractivity contribution in [1.29, 1.82) is 0 Å². The van der Waals surface area contributed by atoms with Crippen molar-refractivity contribution in [1.82, 2.24) is 9.47 Å². The molecule has 2 aromatic rings. The van der Waals surface area contributed by atoms with Gasteiger partial charge in [-0.3, -0.25) is 14.5 Å². The number of esters is 1. The van der Waals surface area contributed by atoms with E-state index in [1.807, 2.05) is 35.0 Å². The van der Waals surface area contributed by atoms with Crippen LogP contribution in [-0.4, -0.2) is 39.7 Å². The van der Waals surface area contributed by atoms with Crippen molar-refractivity contribution in [3.8, 4) is 0 Å². The minimum atomic E-state index is -0.958. The highest BCUT2D eigenvalue weighted by molar-refractivity contribution is 8.18. The lowest BCUT2D eigenvalue weighted by atomic mass is 10.1. The summed E-state index contributed by atoms with van der Waals surface area (Å²) < 4.78 is 6.66. The molecule has 2 amide bonds. The van der Waals surface area contributed by atoms with Gasteiger partial charge in [0.2, 0.25) is 0 Å². The topological polar surface area (TPSA) is 68.6 Å². The number of benzene rings is 1. The van der Waals surface area contributed by atoms with Crippen LogP contribution < -0.4 is 0 Å². The number of ether oxygens (including phenoxy) is 1. The van der Waals surface area contributed by atoms with Crippen molar-refractivity contribution < 1.29 is 19.1 Å². The van der Waals surface area contributed by atoms with Gasteiger partial charge in [0, 0.05) is 29.2 Å². The summed E-state index contributed by atoms with van der Waals surface area (Å²) in [6.45, 7) is 5.87. The Morgan fingerprint density at radius 2 is 2.08 bits per heavy atom. The lowest BCUT2D eigenvalue weighted by molar-refractivity contribution is -0.148. The molecule has 1 fully saturated rings. The van der Waals surface area contributed by atoms with Gasteiger partial charge in [-0.1, -0.05) is 24.3 Å². The molecule has 0 spiro atoms. The van der Waals surface area contributed by atoms with Crippen LogP contribution in [0.3, 0.4) is 0 Å². The van der Waals surface area contributed by atoms with E-state index < -0.39 is 23.2 Å². The molecule has 0 aliphatic carbocycles. The van der Waals surface area contributed by atoms with Crippen molar-refractivity contribution in [2.75, 3.05) is 7.11 Å². The molecule has 1 aromatic carbocycles. The first-order valence-electron chi connectivity index (χ1n) is 8.01. The van der Waals surface area contributed by atoms with Gasteiger partial charge in [-0.2, -0.15) is 0 Å². The number of rotatable bonds is 5. The Morgan fingerprint density at radius 3 is 2.77 bits per heavy atom. The lowest BCUT2D eigenvalue weighted by Gasteiger charge is -2.18. The Labute approximate surface area is 155 Å². The van der Waals surface area contributed by atoms with Gasteiger partial charge >= 0.3 is 5.97 Å².